The van der Waals surface area contributed by atoms with Gasteiger partial charge in [-0.25, -0.2) is 0 Å². The summed E-state index contributed by atoms with van der Waals surface area (Å²) in [4.78, 5) is 0. The van der Waals surface area contributed by atoms with Gasteiger partial charge in [0.05, 0.1) is 12.8 Å². The van der Waals surface area contributed by atoms with E-state index in [0.717, 1.165) is 6.42 Å². The van der Waals surface area contributed by atoms with Crippen LogP contribution in [-0.2, 0) is 0 Å². The fraction of sp³-hybridized carbons (Fsp3) is 0.312. The molecule has 1 aromatic carbocycles. The Morgan fingerprint density at radius 2 is 2.00 bits per heavy atom. The normalized spacial score (nSPS) is 11.7. The van der Waals surface area contributed by atoms with Gasteiger partial charge >= 0.3 is 0 Å². The van der Waals surface area contributed by atoms with E-state index in [9.17, 15) is 5.26 Å². The average molecular weight is 285 g/mol. The first-order valence-electron chi connectivity index (χ1n) is 6.84. The third-order valence-electron chi connectivity index (χ3n) is 3.44. The van der Waals surface area contributed by atoms with Gasteiger partial charge in [0.2, 0.25) is 5.88 Å². The molecule has 2 rings (SSSR count). The van der Waals surface area contributed by atoms with Gasteiger partial charge in [0, 0.05) is 12.1 Å². The highest BCUT2D eigenvalue weighted by atomic mass is 16.5. The summed E-state index contributed by atoms with van der Waals surface area (Å²) < 4.78 is 13.0. The Kier molecular flexibility index (Phi) is 4.39. The number of anilines is 1. The monoisotopic (exact) mass is 285 g/mol. The number of hydrogen-bond acceptors (Lipinski definition) is 4. The van der Waals surface area contributed by atoms with Crippen LogP contribution >= 0.6 is 0 Å². The van der Waals surface area contributed by atoms with E-state index in [1.165, 1.54) is 0 Å². The van der Waals surface area contributed by atoms with Crippen molar-refractivity contribution in [2.75, 3.05) is 12.8 Å². The lowest BCUT2D eigenvalue weighted by atomic mass is 10.2. The molecule has 5 heteroatoms. The number of rotatable bonds is 5. The summed E-state index contributed by atoms with van der Waals surface area (Å²) in [6, 6.07) is 11.2. The van der Waals surface area contributed by atoms with E-state index in [-0.39, 0.29) is 6.04 Å². The molecular formula is C16H19N3O2. The molecule has 110 valence electrons. The quantitative estimate of drug-likeness (QED) is 0.908. The van der Waals surface area contributed by atoms with Crippen LogP contribution in [0.5, 0.6) is 17.4 Å². The third-order valence-corrected chi connectivity index (χ3v) is 3.44. The Labute approximate surface area is 124 Å². The number of nitriles is 1. The Hall–Kier alpha value is -2.61. The molecule has 0 bridgehead atoms. The Bertz CT molecular complexity index is 671. The van der Waals surface area contributed by atoms with E-state index in [1.54, 1.807) is 19.2 Å². The molecule has 5 nitrogen and oxygen atoms in total. The van der Waals surface area contributed by atoms with E-state index in [2.05, 4.69) is 13.0 Å². The average Bonchev–Trinajstić information content (AvgIpc) is 2.83. The second-order valence-electron chi connectivity index (χ2n) is 4.78. The second kappa shape index (κ2) is 6.23. The van der Waals surface area contributed by atoms with Crippen molar-refractivity contribution in [1.82, 2.24) is 4.57 Å². The Balaban J connectivity index is 2.49. The molecule has 0 spiro atoms. The van der Waals surface area contributed by atoms with Crippen LogP contribution in [0.25, 0.3) is 0 Å². The molecule has 0 unspecified atom stereocenters. The van der Waals surface area contributed by atoms with E-state index < -0.39 is 0 Å². The molecule has 0 aliphatic carbocycles. The molecule has 21 heavy (non-hydrogen) atoms. The smallest absolute Gasteiger partial charge is 0.224 e. The summed E-state index contributed by atoms with van der Waals surface area (Å²) >= 11 is 0. The lowest BCUT2D eigenvalue weighted by Gasteiger charge is -2.18. The number of nitrogens with two attached hydrogens (primary N) is 1. The Morgan fingerprint density at radius 3 is 2.57 bits per heavy atom. The van der Waals surface area contributed by atoms with Crippen LogP contribution in [-0.4, -0.2) is 11.7 Å². The summed E-state index contributed by atoms with van der Waals surface area (Å²) in [6.07, 6.45) is 0.866. The van der Waals surface area contributed by atoms with Gasteiger partial charge in [0.1, 0.15) is 11.8 Å². The zero-order valence-corrected chi connectivity index (χ0v) is 12.5. The summed E-state index contributed by atoms with van der Waals surface area (Å²) in [5.74, 6) is 1.66. The lowest BCUT2D eigenvalue weighted by Crippen LogP contribution is -2.08. The molecule has 0 amide bonds. The maximum atomic E-state index is 9.26. The van der Waals surface area contributed by atoms with Crippen molar-refractivity contribution in [2.45, 2.75) is 26.3 Å². The van der Waals surface area contributed by atoms with E-state index >= 15 is 0 Å². The van der Waals surface area contributed by atoms with Crippen molar-refractivity contribution < 1.29 is 9.47 Å². The van der Waals surface area contributed by atoms with Crippen LogP contribution in [0.15, 0.2) is 30.3 Å². The van der Waals surface area contributed by atoms with Crippen LogP contribution < -0.4 is 15.2 Å². The van der Waals surface area contributed by atoms with Crippen molar-refractivity contribution in [3.05, 3.63) is 36.0 Å². The number of ether oxygens (including phenoxy) is 2. The second-order valence-corrected chi connectivity index (χ2v) is 4.78. The largest absolute Gasteiger partial charge is 0.493 e. The highest BCUT2D eigenvalue weighted by Crippen LogP contribution is 2.38. The van der Waals surface area contributed by atoms with Crippen LogP contribution in [0.3, 0.4) is 0 Å². The molecule has 1 aromatic heterocycles. The maximum absolute atomic E-state index is 9.26. The van der Waals surface area contributed by atoms with Crippen molar-refractivity contribution in [3.63, 3.8) is 0 Å². The molecule has 0 radical (unpaired) electrons. The van der Waals surface area contributed by atoms with Crippen molar-refractivity contribution >= 4 is 5.69 Å². The number of methoxy groups -OCH3 is 1. The third kappa shape index (κ3) is 2.79. The first-order valence-corrected chi connectivity index (χ1v) is 6.84. The van der Waals surface area contributed by atoms with Crippen LogP contribution in [0.2, 0.25) is 0 Å². The molecule has 2 aromatic rings. The van der Waals surface area contributed by atoms with E-state index in [4.69, 9.17) is 15.2 Å². The molecule has 1 atom stereocenters. The van der Waals surface area contributed by atoms with E-state index in [1.807, 2.05) is 29.7 Å². The zero-order chi connectivity index (χ0) is 15.4. The predicted octanol–water partition coefficient (Wildman–Crippen LogP) is 3.71. The highest BCUT2D eigenvalue weighted by molar-refractivity contribution is 5.57. The standard InChI is InChI=1S/C16H19N3O2/c1-4-11(2)19-12(10-17)9-13(18)16(19)21-15-8-6-5-7-14(15)20-3/h5-9,11H,4,18H2,1-3H3/t11-/m0/s1. The van der Waals surface area contributed by atoms with Gasteiger partial charge in [-0.05, 0) is 25.5 Å². The van der Waals surface area contributed by atoms with Gasteiger partial charge in [-0.15, -0.1) is 0 Å². The lowest BCUT2D eigenvalue weighted by molar-refractivity contribution is 0.356. The maximum Gasteiger partial charge on any atom is 0.224 e. The van der Waals surface area contributed by atoms with E-state index in [0.29, 0.717) is 28.8 Å². The van der Waals surface area contributed by atoms with Crippen molar-refractivity contribution in [2.24, 2.45) is 0 Å². The molecule has 0 saturated heterocycles. The summed E-state index contributed by atoms with van der Waals surface area (Å²) in [6.45, 7) is 4.07. The minimum Gasteiger partial charge on any atom is -0.493 e. The first-order chi connectivity index (χ1) is 10.1. The van der Waals surface area contributed by atoms with Gasteiger partial charge in [-0.2, -0.15) is 5.26 Å². The van der Waals surface area contributed by atoms with Gasteiger partial charge in [-0.3, -0.25) is 4.57 Å². The van der Waals surface area contributed by atoms with Crippen LogP contribution in [0.4, 0.5) is 5.69 Å². The van der Waals surface area contributed by atoms with Crippen LogP contribution in [0, 0.1) is 11.3 Å². The number of aromatic nitrogens is 1. The Morgan fingerprint density at radius 1 is 1.33 bits per heavy atom. The van der Waals surface area contributed by atoms with Crippen molar-refractivity contribution in [1.29, 1.82) is 5.26 Å². The van der Waals surface area contributed by atoms with Gasteiger partial charge in [-0.1, -0.05) is 19.1 Å². The van der Waals surface area contributed by atoms with Gasteiger partial charge in [0.25, 0.3) is 0 Å². The molecule has 0 aliphatic heterocycles. The first kappa shape index (κ1) is 14.8. The number of nitrogen functional groups attached to an aromatic ring is 1. The summed E-state index contributed by atoms with van der Waals surface area (Å²) in [5.41, 5.74) is 6.95. The van der Waals surface area contributed by atoms with Crippen molar-refractivity contribution in [3.8, 4) is 23.4 Å². The number of benzene rings is 1. The molecule has 1 heterocycles. The topological polar surface area (TPSA) is 73.2 Å². The molecule has 0 fully saturated rings. The molecule has 2 N–H and O–H groups in total. The SMILES string of the molecule is CC[C@H](C)n1c(C#N)cc(N)c1Oc1ccccc1OC. The minimum atomic E-state index is 0.113. The summed E-state index contributed by atoms with van der Waals surface area (Å²) in [5, 5.41) is 9.26. The predicted molar refractivity (Wildman–Crippen MR) is 81.6 cm³/mol. The van der Waals surface area contributed by atoms with Gasteiger partial charge < -0.3 is 15.2 Å². The number of para-hydroxylation sites is 2. The summed E-state index contributed by atoms with van der Waals surface area (Å²) in [7, 11) is 1.58. The molecule has 0 aliphatic rings. The minimum absolute atomic E-state index is 0.113. The molecular weight excluding hydrogens is 266 g/mol. The molecule has 0 saturated carbocycles. The highest BCUT2D eigenvalue weighted by Gasteiger charge is 2.20. The fourth-order valence-electron chi connectivity index (χ4n) is 2.15. The number of nitrogens with zero attached hydrogens (tertiary/aromatic N) is 2. The zero-order valence-electron chi connectivity index (χ0n) is 12.5. The van der Waals surface area contributed by atoms with Crippen LogP contribution in [0.1, 0.15) is 32.0 Å². The fourth-order valence-corrected chi connectivity index (χ4v) is 2.15. The number of hydrogen-bond donors (Lipinski definition) is 1. The van der Waals surface area contributed by atoms with Gasteiger partial charge in [0.15, 0.2) is 11.5 Å².